The molecular weight excluding hydrogens is 683 g/mol. The quantitative estimate of drug-likeness (QED) is 0.178. The SMILES string of the molecule is C1=CC(c2cccc(-c3nc(-c4cccc(-c5ccccc5)c4)nc(C4CC=CC5=C4Oc4ccccc4C54c5ccccc5-c5ccccc54)n3)c2)=CCC1. The Bertz CT molecular complexity index is 2780. The second-order valence-electron chi connectivity index (χ2n) is 14.9. The molecule has 0 bridgehead atoms. The summed E-state index contributed by atoms with van der Waals surface area (Å²) in [5.74, 6) is 3.50. The topological polar surface area (TPSA) is 47.9 Å². The third-order valence-corrected chi connectivity index (χ3v) is 11.7. The number of aromatic nitrogens is 3. The maximum Gasteiger partial charge on any atom is 0.163 e. The van der Waals surface area contributed by atoms with E-state index < -0.39 is 5.41 Å². The number of para-hydroxylation sites is 1. The fourth-order valence-corrected chi connectivity index (χ4v) is 9.24. The van der Waals surface area contributed by atoms with E-state index in [1.807, 2.05) is 6.07 Å². The molecule has 0 saturated heterocycles. The van der Waals surface area contributed by atoms with Gasteiger partial charge in [-0.2, -0.15) is 0 Å². The Morgan fingerprint density at radius 2 is 1.11 bits per heavy atom. The Labute approximate surface area is 327 Å². The number of hydrogen-bond donors (Lipinski definition) is 0. The number of fused-ring (bicyclic) bond motifs is 8. The minimum atomic E-state index is -0.551. The summed E-state index contributed by atoms with van der Waals surface area (Å²) in [7, 11) is 0. The summed E-state index contributed by atoms with van der Waals surface area (Å²) in [5.41, 5.74) is 13.3. The zero-order valence-electron chi connectivity index (χ0n) is 30.8. The van der Waals surface area contributed by atoms with Crippen molar-refractivity contribution >= 4 is 5.57 Å². The van der Waals surface area contributed by atoms with Crippen LogP contribution in [0, 0.1) is 0 Å². The van der Waals surface area contributed by atoms with Gasteiger partial charge in [-0.1, -0.05) is 164 Å². The van der Waals surface area contributed by atoms with Crippen LogP contribution in [0.15, 0.2) is 193 Å². The van der Waals surface area contributed by atoms with Crippen LogP contribution in [0.25, 0.3) is 50.6 Å². The third-order valence-electron chi connectivity index (χ3n) is 11.7. The molecule has 56 heavy (non-hydrogen) atoms. The lowest BCUT2D eigenvalue weighted by molar-refractivity contribution is 0.340. The van der Waals surface area contributed by atoms with Gasteiger partial charge in [-0.05, 0) is 82.0 Å². The van der Waals surface area contributed by atoms with E-state index in [4.69, 9.17) is 19.7 Å². The lowest BCUT2D eigenvalue weighted by Gasteiger charge is -2.42. The van der Waals surface area contributed by atoms with Crippen molar-refractivity contribution in [2.24, 2.45) is 0 Å². The first-order valence-electron chi connectivity index (χ1n) is 19.5. The molecule has 0 radical (unpaired) electrons. The van der Waals surface area contributed by atoms with Gasteiger partial charge in [0.15, 0.2) is 11.6 Å². The highest BCUT2D eigenvalue weighted by molar-refractivity contribution is 5.88. The molecule has 4 nitrogen and oxygen atoms in total. The number of rotatable bonds is 5. The van der Waals surface area contributed by atoms with Crippen molar-refractivity contribution in [3.05, 3.63) is 221 Å². The van der Waals surface area contributed by atoms with E-state index in [1.165, 1.54) is 27.8 Å². The Kier molecular flexibility index (Phi) is 7.63. The molecular formula is C52H37N3O. The number of hydrogen-bond acceptors (Lipinski definition) is 4. The van der Waals surface area contributed by atoms with E-state index in [0.717, 1.165) is 63.3 Å². The molecule has 11 rings (SSSR count). The van der Waals surface area contributed by atoms with Crippen LogP contribution in [-0.2, 0) is 5.41 Å². The van der Waals surface area contributed by atoms with Crippen LogP contribution in [0.4, 0.5) is 0 Å². The molecule has 1 unspecified atom stereocenters. The maximum absolute atomic E-state index is 7.10. The first-order valence-corrected chi connectivity index (χ1v) is 19.5. The molecule has 1 atom stereocenters. The molecule has 266 valence electrons. The molecule has 1 aromatic heterocycles. The normalized spacial score (nSPS) is 17.1. The summed E-state index contributed by atoms with van der Waals surface area (Å²) in [6.45, 7) is 0. The minimum absolute atomic E-state index is 0.245. The summed E-state index contributed by atoms with van der Waals surface area (Å²) >= 11 is 0. The highest BCUT2D eigenvalue weighted by Crippen LogP contribution is 2.62. The maximum atomic E-state index is 7.10. The van der Waals surface area contributed by atoms with E-state index in [2.05, 4.69) is 176 Å². The zero-order valence-corrected chi connectivity index (χ0v) is 30.8. The smallest absolute Gasteiger partial charge is 0.163 e. The lowest BCUT2D eigenvalue weighted by atomic mass is 9.63. The summed E-state index contributed by atoms with van der Waals surface area (Å²) in [6, 6.07) is 53.9. The van der Waals surface area contributed by atoms with E-state index in [9.17, 15) is 0 Å². The van der Waals surface area contributed by atoms with Gasteiger partial charge in [0.05, 0.1) is 11.3 Å². The van der Waals surface area contributed by atoms with Gasteiger partial charge in [-0.15, -0.1) is 0 Å². The molecule has 0 fully saturated rings. The molecule has 4 heteroatoms. The Hall–Kier alpha value is -6.91. The number of benzene rings is 6. The van der Waals surface area contributed by atoms with Gasteiger partial charge in [0.2, 0.25) is 0 Å². The van der Waals surface area contributed by atoms with Crippen LogP contribution in [0.3, 0.4) is 0 Å². The second-order valence-corrected chi connectivity index (χ2v) is 14.9. The minimum Gasteiger partial charge on any atom is -0.460 e. The van der Waals surface area contributed by atoms with Gasteiger partial charge in [-0.25, -0.2) is 15.0 Å². The van der Waals surface area contributed by atoms with Gasteiger partial charge in [0.25, 0.3) is 0 Å². The zero-order chi connectivity index (χ0) is 37.1. The van der Waals surface area contributed by atoms with Crippen molar-refractivity contribution < 1.29 is 4.74 Å². The fraction of sp³-hybridized carbons (Fsp3) is 0.0962. The van der Waals surface area contributed by atoms with Crippen molar-refractivity contribution in [1.82, 2.24) is 15.0 Å². The largest absolute Gasteiger partial charge is 0.460 e. The molecule has 6 aromatic carbocycles. The molecule has 1 aliphatic heterocycles. The number of allylic oxidation sites excluding steroid dienone is 8. The highest BCUT2D eigenvalue weighted by Gasteiger charge is 2.53. The molecule has 7 aromatic rings. The summed E-state index contributed by atoms with van der Waals surface area (Å²) in [4.78, 5) is 15.9. The Morgan fingerprint density at radius 3 is 1.82 bits per heavy atom. The second kappa shape index (κ2) is 13.1. The molecule has 0 N–H and O–H groups in total. The lowest BCUT2D eigenvalue weighted by Crippen LogP contribution is -2.36. The van der Waals surface area contributed by atoms with E-state index in [1.54, 1.807) is 0 Å². The Morgan fingerprint density at radius 1 is 0.500 bits per heavy atom. The number of nitrogens with zero attached hydrogens (tertiary/aromatic N) is 3. The molecule has 4 aliphatic rings. The average Bonchev–Trinajstić information content (AvgIpc) is 3.57. The molecule has 2 heterocycles. The van der Waals surface area contributed by atoms with E-state index >= 15 is 0 Å². The van der Waals surface area contributed by atoms with Crippen molar-refractivity contribution in [2.75, 3.05) is 0 Å². The first-order chi connectivity index (χ1) is 27.8. The predicted molar refractivity (Wildman–Crippen MR) is 225 cm³/mol. The van der Waals surface area contributed by atoms with Crippen molar-refractivity contribution in [1.29, 1.82) is 0 Å². The molecule has 0 saturated carbocycles. The summed E-state index contributed by atoms with van der Waals surface area (Å²) < 4.78 is 7.10. The van der Waals surface area contributed by atoms with Crippen LogP contribution in [0.5, 0.6) is 5.75 Å². The van der Waals surface area contributed by atoms with Crippen LogP contribution < -0.4 is 4.74 Å². The standard InChI is InChI=1S/C52H37N3O/c1-3-16-34(17-4-1)36-20-13-22-38(32-36)49-53-50(39-23-14-21-37(33-39)35-18-5-2-6-19-35)55-51(54-49)42-26-15-30-46-48(42)56-47-31-12-11-29-45(47)52(46)43-27-9-7-24-40(43)41-25-8-10-28-44(41)52/h1,3-5,7-25,27-33,42H,2,6,26H2. The van der Waals surface area contributed by atoms with Crippen LogP contribution in [0.2, 0.25) is 0 Å². The average molecular weight is 720 g/mol. The monoisotopic (exact) mass is 719 g/mol. The third kappa shape index (κ3) is 5.10. The van der Waals surface area contributed by atoms with Gasteiger partial charge >= 0.3 is 0 Å². The van der Waals surface area contributed by atoms with E-state index in [0.29, 0.717) is 23.9 Å². The summed E-state index contributed by atoms with van der Waals surface area (Å²) in [6.07, 6.45) is 14.2. The molecule has 1 spiro atoms. The van der Waals surface area contributed by atoms with Gasteiger partial charge < -0.3 is 4.74 Å². The molecule has 0 amide bonds. The van der Waals surface area contributed by atoms with Crippen LogP contribution in [0.1, 0.15) is 53.3 Å². The predicted octanol–water partition coefficient (Wildman–Crippen LogP) is 12.3. The van der Waals surface area contributed by atoms with Crippen molar-refractivity contribution in [2.45, 2.75) is 30.6 Å². The number of ether oxygens (including phenoxy) is 1. The van der Waals surface area contributed by atoms with Crippen molar-refractivity contribution in [3.63, 3.8) is 0 Å². The highest BCUT2D eigenvalue weighted by atomic mass is 16.5. The van der Waals surface area contributed by atoms with Gasteiger partial charge in [0, 0.05) is 22.3 Å². The Balaban J connectivity index is 1.13. The van der Waals surface area contributed by atoms with Gasteiger partial charge in [-0.3, -0.25) is 0 Å². The first kappa shape index (κ1) is 32.5. The van der Waals surface area contributed by atoms with E-state index in [-0.39, 0.29) is 5.92 Å². The van der Waals surface area contributed by atoms with Crippen molar-refractivity contribution in [3.8, 4) is 50.8 Å². The summed E-state index contributed by atoms with van der Waals surface area (Å²) in [5, 5.41) is 0. The van der Waals surface area contributed by atoms with Crippen LogP contribution >= 0.6 is 0 Å². The fourth-order valence-electron chi connectivity index (χ4n) is 9.24. The van der Waals surface area contributed by atoms with Crippen LogP contribution in [-0.4, -0.2) is 15.0 Å². The molecule has 3 aliphatic carbocycles. The van der Waals surface area contributed by atoms with Gasteiger partial charge in [0.1, 0.15) is 17.3 Å².